The van der Waals surface area contributed by atoms with E-state index in [0.717, 1.165) is 6.42 Å². The fourth-order valence-electron chi connectivity index (χ4n) is 1.96. The molecule has 1 aromatic carbocycles. The Morgan fingerprint density at radius 1 is 1.25 bits per heavy atom. The third-order valence-corrected chi connectivity index (χ3v) is 3.38. The largest absolute Gasteiger partial charge is 0.0950 e. The van der Waals surface area contributed by atoms with Gasteiger partial charge >= 0.3 is 0 Å². The molecule has 0 bridgehead atoms. The fourth-order valence-corrected chi connectivity index (χ4v) is 1.96. The van der Waals surface area contributed by atoms with Crippen molar-refractivity contribution >= 4 is 5.57 Å². The highest BCUT2D eigenvalue weighted by atomic mass is 14.2. The molecule has 0 saturated carbocycles. The van der Waals surface area contributed by atoms with Crippen LogP contribution in [0.2, 0.25) is 0 Å². The molecule has 0 aliphatic rings. The summed E-state index contributed by atoms with van der Waals surface area (Å²) in [6.45, 7) is 15.4. The van der Waals surface area contributed by atoms with E-state index in [1.165, 1.54) is 22.3 Å². The van der Waals surface area contributed by atoms with Crippen molar-refractivity contribution in [2.24, 2.45) is 5.92 Å². The monoisotopic (exact) mass is 216 g/mol. The summed E-state index contributed by atoms with van der Waals surface area (Å²) in [4.78, 5) is 0. The van der Waals surface area contributed by atoms with Crippen molar-refractivity contribution in [1.82, 2.24) is 0 Å². The minimum atomic E-state index is 0.566. The van der Waals surface area contributed by atoms with Crippen molar-refractivity contribution in [3.63, 3.8) is 0 Å². The molecule has 0 N–H and O–H groups in total. The number of allylic oxidation sites excluding steroid dienone is 1. The summed E-state index contributed by atoms with van der Waals surface area (Å²) < 4.78 is 0. The molecule has 1 aromatic rings. The fraction of sp³-hybridized carbons (Fsp3) is 0.500. The Labute approximate surface area is 100 Å². The van der Waals surface area contributed by atoms with Gasteiger partial charge in [0.25, 0.3) is 0 Å². The van der Waals surface area contributed by atoms with Crippen LogP contribution in [0.25, 0.3) is 5.57 Å². The quantitative estimate of drug-likeness (QED) is 0.650. The van der Waals surface area contributed by atoms with Crippen molar-refractivity contribution in [3.05, 3.63) is 41.5 Å². The Morgan fingerprint density at radius 2 is 1.88 bits per heavy atom. The highest BCUT2D eigenvalue weighted by Crippen LogP contribution is 2.31. The lowest BCUT2D eigenvalue weighted by Gasteiger charge is -2.19. The molecule has 0 amide bonds. The highest BCUT2D eigenvalue weighted by molar-refractivity contribution is 5.69. The molecular formula is C16H24. The van der Waals surface area contributed by atoms with Crippen LogP contribution in [0.4, 0.5) is 0 Å². The SMILES string of the molecule is C=C(c1cc(C)ccc1C(C)C)C(C)CC. The normalized spacial score (nSPS) is 12.9. The molecule has 0 aromatic heterocycles. The molecule has 0 heteroatoms. The van der Waals surface area contributed by atoms with Crippen LogP contribution in [0.1, 0.15) is 56.7 Å². The Balaban J connectivity index is 3.19. The second-order valence-electron chi connectivity index (χ2n) is 5.08. The van der Waals surface area contributed by atoms with Crippen LogP contribution in [0.15, 0.2) is 24.8 Å². The van der Waals surface area contributed by atoms with E-state index < -0.39 is 0 Å². The Bertz CT molecular complexity index is 372. The summed E-state index contributed by atoms with van der Waals surface area (Å²) in [5.41, 5.74) is 5.40. The smallest absolute Gasteiger partial charge is 0.0190 e. The van der Waals surface area contributed by atoms with E-state index in [9.17, 15) is 0 Å². The average molecular weight is 216 g/mol. The number of benzene rings is 1. The first kappa shape index (κ1) is 13.0. The second kappa shape index (κ2) is 5.34. The first-order chi connectivity index (χ1) is 7.47. The Hall–Kier alpha value is -1.04. The molecule has 0 nitrogen and oxygen atoms in total. The van der Waals surface area contributed by atoms with Gasteiger partial charge in [0.05, 0.1) is 0 Å². The Morgan fingerprint density at radius 3 is 2.38 bits per heavy atom. The molecule has 1 atom stereocenters. The molecule has 0 aliphatic carbocycles. The summed E-state index contributed by atoms with van der Waals surface area (Å²) in [6, 6.07) is 6.73. The first-order valence-electron chi connectivity index (χ1n) is 6.27. The van der Waals surface area contributed by atoms with Gasteiger partial charge < -0.3 is 0 Å². The van der Waals surface area contributed by atoms with E-state index in [-0.39, 0.29) is 0 Å². The van der Waals surface area contributed by atoms with Crippen molar-refractivity contribution < 1.29 is 0 Å². The number of rotatable bonds is 4. The maximum absolute atomic E-state index is 4.28. The molecule has 0 saturated heterocycles. The van der Waals surface area contributed by atoms with E-state index >= 15 is 0 Å². The molecule has 1 rings (SSSR count). The van der Waals surface area contributed by atoms with Crippen molar-refractivity contribution in [1.29, 1.82) is 0 Å². The number of hydrogen-bond acceptors (Lipinski definition) is 0. The molecule has 16 heavy (non-hydrogen) atoms. The van der Waals surface area contributed by atoms with Crippen LogP contribution in [0.5, 0.6) is 0 Å². The lowest BCUT2D eigenvalue weighted by molar-refractivity contribution is 0.715. The predicted molar refractivity (Wildman–Crippen MR) is 73.8 cm³/mol. The molecule has 0 fully saturated rings. The zero-order valence-corrected chi connectivity index (χ0v) is 11.3. The van der Waals surface area contributed by atoms with E-state index in [1.54, 1.807) is 0 Å². The summed E-state index contributed by atoms with van der Waals surface area (Å²) in [5.74, 6) is 1.13. The molecule has 88 valence electrons. The Kier molecular flexibility index (Phi) is 4.35. The first-order valence-corrected chi connectivity index (χ1v) is 6.27. The predicted octanol–water partition coefficient (Wildman–Crippen LogP) is 5.18. The van der Waals surface area contributed by atoms with Gasteiger partial charge in [-0.3, -0.25) is 0 Å². The summed E-state index contributed by atoms with van der Waals surface area (Å²) in [6.07, 6.45) is 1.16. The molecule has 0 radical (unpaired) electrons. The maximum atomic E-state index is 4.28. The molecule has 0 heterocycles. The van der Waals surface area contributed by atoms with Gasteiger partial charge in [0.1, 0.15) is 0 Å². The van der Waals surface area contributed by atoms with Crippen LogP contribution in [-0.2, 0) is 0 Å². The van der Waals surface area contributed by atoms with Gasteiger partial charge in [-0.1, -0.05) is 58.0 Å². The van der Waals surface area contributed by atoms with E-state index in [4.69, 9.17) is 0 Å². The van der Waals surface area contributed by atoms with Gasteiger partial charge in [-0.15, -0.1) is 0 Å². The standard InChI is InChI=1S/C16H24/c1-7-13(5)14(6)16-10-12(4)8-9-15(16)11(2)3/h8-11,13H,6-7H2,1-5H3. The van der Waals surface area contributed by atoms with Gasteiger partial charge in [-0.2, -0.15) is 0 Å². The third-order valence-electron chi connectivity index (χ3n) is 3.38. The van der Waals surface area contributed by atoms with Crippen molar-refractivity contribution in [3.8, 4) is 0 Å². The summed E-state index contributed by atoms with van der Waals surface area (Å²) in [5, 5.41) is 0. The zero-order valence-electron chi connectivity index (χ0n) is 11.3. The van der Waals surface area contributed by atoms with Crippen LogP contribution in [-0.4, -0.2) is 0 Å². The number of hydrogen-bond donors (Lipinski definition) is 0. The molecular weight excluding hydrogens is 192 g/mol. The van der Waals surface area contributed by atoms with Gasteiger partial charge in [-0.05, 0) is 41.9 Å². The maximum Gasteiger partial charge on any atom is -0.0190 e. The summed E-state index contributed by atoms with van der Waals surface area (Å²) in [7, 11) is 0. The van der Waals surface area contributed by atoms with Crippen molar-refractivity contribution in [2.45, 2.75) is 47.0 Å². The van der Waals surface area contributed by atoms with E-state index in [2.05, 4.69) is 59.4 Å². The molecule has 1 unspecified atom stereocenters. The zero-order chi connectivity index (χ0) is 12.3. The van der Waals surface area contributed by atoms with Crippen LogP contribution in [0.3, 0.4) is 0 Å². The van der Waals surface area contributed by atoms with Crippen LogP contribution < -0.4 is 0 Å². The number of aryl methyl sites for hydroxylation is 1. The molecule has 0 aliphatic heterocycles. The minimum absolute atomic E-state index is 0.566. The van der Waals surface area contributed by atoms with E-state index in [1.807, 2.05) is 0 Å². The average Bonchev–Trinajstić information content (AvgIpc) is 2.26. The molecule has 0 spiro atoms. The van der Waals surface area contributed by atoms with Gasteiger partial charge in [0.2, 0.25) is 0 Å². The van der Waals surface area contributed by atoms with Crippen molar-refractivity contribution in [2.75, 3.05) is 0 Å². The topological polar surface area (TPSA) is 0 Å². The van der Waals surface area contributed by atoms with Crippen LogP contribution in [0, 0.1) is 12.8 Å². The lowest BCUT2D eigenvalue weighted by Crippen LogP contribution is -2.02. The van der Waals surface area contributed by atoms with Gasteiger partial charge in [-0.25, -0.2) is 0 Å². The van der Waals surface area contributed by atoms with Gasteiger partial charge in [0.15, 0.2) is 0 Å². The summed E-state index contributed by atoms with van der Waals surface area (Å²) >= 11 is 0. The van der Waals surface area contributed by atoms with Gasteiger partial charge in [0, 0.05) is 0 Å². The minimum Gasteiger partial charge on any atom is -0.0950 e. The van der Waals surface area contributed by atoms with E-state index in [0.29, 0.717) is 11.8 Å². The second-order valence-corrected chi connectivity index (χ2v) is 5.08. The van der Waals surface area contributed by atoms with Crippen LogP contribution >= 0.6 is 0 Å². The third kappa shape index (κ3) is 2.75. The highest BCUT2D eigenvalue weighted by Gasteiger charge is 2.13. The lowest BCUT2D eigenvalue weighted by atomic mass is 9.86.